The third kappa shape index (κ3) is 1.30. The fraction of sp³-hybridized carbons (Fsp3) is 0.400. The topological polar surface area (TPSA) is 29.3 Å². The van der Waals surface area contributed by atoms with Crippen LogP contribution >= 0.6 is 0 Å². The Morgan fingerprint density at radius 2 is 2.17 bits per heavy atom. The molecule has 0 bridgehead atoms. The van der Waals surface area contributed by atoms with Gasteiger partial charge in [0.15, 0.2) is 0 Å². The molecule has 12 heavy (non-hydrogen) atoms. The van der Waals surface area contributed by atoms with Crippen molar-refractivity contribution in [1.29, 1.82) is 0 Å². The Bertz CT molecular complexity index is 277. The molecule has 2 nitrogen and oxygen atoms in total. The quantitative estimate of drug-likeness (QED) is 0.671. The molecule has 0 unspecified atom stereocenters. The molecule has 1 aromatic rings. The summed E-state index contributed by atoms with van der Waals surface area (Å²) in [5.41, 5.74) is 8.32. The molecule has 1 aliphatic heterocycles. The summed E-state index contributed by atoms with van der Waals surface area (Å²) in [6.45, 7) is 4.12. The molecule has 0 radical (unpaired) electrons. The van der Waals surface area contributed by atoms with Gasteiger partial charge >= 0.3 is 0 Å². The fourth-order valence-corrected chi connectivity index (χ4v) is 1.55. The molecule has 2 heteroatoms. The van der Waals surface area contributed by atoms with Crippen molar-refractivity contribution in [3.8, 4) is 0 Å². The lowest BCUT2D eigenvalue weighted by Crippen LogP contribution is -2.55. The molecule has 64 valence electrons. The number of anilines is 1. The summed E-state index contributed by atoms with van der Waals surface area (Å²) in [7, 11) is 0. The summed E-state index contributed by atoms with van der Waals surface area (Å²) in [6, 6.07) is 8.92. The predicted molar refractivity (Wildman–Crippen MR) is 51.4 cm³/mol. The van der Waals surface area contributed by atoms with Gasteiger partial charge in [0.25, 0.3) is 0 Å². The summed E-state index contributed by atoms with van der Waals surface area (Å²) in [4.78, 5) is 2.30. The Morgan fingerprint density at radius 3 is 2.75 bits per heavy atom. The molecule has 0 atom stereocenters. The number of aryl methyl sites for hydroxylation is 1. The van der Waals surface area contributed by atoms with E-state index >= 15 is 0 Å². The maximum absolute atomic E-state index is 5.70. The minimum absolute atomic E-state index is 0.380. The van der Waals surface area contributed by atoms with Crippen molar-refractivity contribution >= 4 is 5.69 Å². The van der Waals surface area contributed by atoms with E-state index in [1.54, 1.807) is 0 Å². The van der Waals surface area contributed by atoms with Crippen LogP contribution in [0.25, 0.3) is 0 Å². The molecule has 1 aliphatic rings. The van der Waals surface area contributed by atoms with E-state index in [1.165, 1.54) is 11.3 Å². The average Bonchev–Trinajstić information content (AvgIpc) is 1.99. The first-order valence-electron chi connectivity index (χ1n) is 4.33. The van der Waals surface area contributed by atoms with Gasteiger partial charge < -0.3 is 10.6 Å². The van der Waals surface area contributed by atoms with Crippen LogP contribution in [0.1, 0.15) is 5.56 Å². The van der Waals surface area contributed by atoms with E-state index in [9.17, 15) is 0 Å². The number of rotatable bonds is 1. The molecule has 0 spiro atoms. The van der Waals surface area contributed by atoms with Gasteiger partial charge in [0, 0.05) is 24.8 Å². The van der Waals surface area contributed by atoms with Crippen LogP contribution in [-0.2, 0) is 0 Å². The first-order chi connectivity index (χ1) is 5.75. The predicted octanol–water partition coefficient (Wildman–Crippen LogP) is 1.14. The summed E-state index contributed by atoms with van der Waals surface area (Å²) in [6.07, 6.45) is 0. The van der Waals surface area contributed by atoms with Gasteiger partial charge in [-0.25, -0.2) is 0 Å². The van der Waals surface area contributed by atoms with E-state index in [4.69, 9.17) is 5.73 Å². The second-order valence-corrected chi connectivity index (χ2v) is 3.50. The Balaban J connectivity index is 2.13. The largest absolute Gasteiger partial charge is 0.368 e. The molecule has 0 aromatic heterocycles. The maximum atomic E-state index is 5.70. The molecule has 0 saturated carbocycles. The van der Waals surface area contributed by atoms with Gasteiger partial charge in [-0.3, -0.25) is 0 Å². The van der Waals surface area contributed by atoms with Crippen molar-refractivity contribution in [2.24, 2.45) is 5.73 Å². The lowest BCUT2D eigenvalue weighted by Gasteiger charge is -2.38. The van der Waals surface area contributed by atoms with Gasteiger partial charge in [0.05, 0.1) is 0 Å². The number of nitrogens with two attached hydrogens (primary N) is 1. The van der Waals surface area contributed by atoms with Crippen molar-refractivity contribution in [2.45, 2.75) is 13.0 Å². The van der Waals surface area contributed by atoms with Crippen LogP contribution in [0.3, 0.4) is 0 Å². The van der Waals surface area contributed by atoms with Crippen molar-refractivity contribution < 1.29 is 0 Å². The number of benzene rings is 1. The maximum Gasteiger partial charge on any atom is 0.0395 e. The highest BCUT2D eigenvalue weighted by molar-refractivity contribution is 5.51. The number of nitrogens with zero attached hydrogens (tertiary/aromatic N) is 1. The van der Waals surface area contributed by atoms with E-state index in [2.05, 4.69) is 36.1 Å². The first-order valence-corrected chi connectivity index (χ1v) is 4.33. The molecule has 1 heterocycles. The summed E-state index contributed by atoms with van der Waals surface area (Å²) >= 11 is 0. The zero-order valence-electron chi connectivity index (χ0n) is 7.33. The van der Waals surface area contributed by atoms with Crippen molar-refractivity contribution in [3.05, 3.63) is 29.8 Å². The summed E-state index contributed by atoms with van der Waals surface area (Å²) < 4.78 is 0. The van der Waals surface area contributed by atoms with Gasteiger partial charge in [-0.1, -0.05) is 12.1 Å². The van der Waals surface area contributed by atoms with Crippen LogP contribution < -0.4 is 10.6 Å². The van der Waals surface area contributed by atoms with E-state index in [0.29, 0.717) is 6.04 Å². The SMILES string of the molecule is Cc1cccc(N2CC(N)C2)c1. The standard InChI is InChI=1S/C10H14N2/c1-8-3-2-4-10(5-8)12-6-9(11)7-12/h2-5,9H,6-7,11H2,1H3. The third-order valence-corrected chi connectivity index (χ3v) is 2.28. The molecule has 2 N–H and O–H groups in total. The Labute approximate surface area is 73.0 Å². The van der Waals surface area contributed by atoms with E-state index in [0.717, 1.165) is 13.1 Å². The van der Waals surface area contributed by atoms with E-state index < -0.39 is 0 Å². The number of hydrogen-bond acceptors (Lipinski definition) is 2. The molecule has 0 amide bonds. The fourth-order valence-electron chi connectivity index (χ4n) is 1.55. The molecular weight excluding hydrogens is 148 g/mol. The lowest BCUT2D eigenvalue weighted by atomic mass is 10.1. The van der Waals surface area contributed by atoms with E-state index in [-0.39, 0.29) is 0 Å². The Kier molecular flexibility index (Phi) is 1.77. The van der Waals surface area contributed by atoms with Crippen LogP contribution in [0, 0.1) is 6.92 Å². The van der Waals surface area contributed by atoms with Crippen molar-refractivity contribution in [2.75, 3.05) is 18.0 Å². The second-order valence-electron chi connectivity index (χ2n) is 3.50. The highest BCUT2D eigenvalue weighted by atomic mass is 15.2. The summed E-state index contributed by atoms with van der Waals surface area (Å²) in [5.74, 6) is 0. The van der Waals surface area contributed by atoms with Crippen molar-refractivity contribution in [1.82, 2.24) is 0 Å². The van der Waals surface area contributed by atoms with Crippen LogP contribution in [-0.4, -0.2) is 19.1 Å². The molecule has 1 saturated heterocycles. The lowest BCUT2D eigenvalue weighted by molar-refractivity contribution is 0.519. The van der Waals surface area contributed by atoms with Crippen LogP contribution in [0.4, 0.5) is 5.69 Å². The molecule has 0 aliphatic carbocycles. The second kappa shape index (κ2) is 2.79. The van der Waals surface area contributed by atoms with Gasteiger partial charge in [0.1, 0.15) is 0 Å². The molecule has 1 fully saturated rings. The van der Waals surface area contributed by atoms with Crippen LogP contribution in [0.15, 0.2) is 24.3 Å². The zero-order valence-corrected chi connectivity index (χ0v) is 7.33. The first kappa shape index (κ1) is 7.62. The Morgan fingerprint density at radius 1 is 1.42 bits per heavy atom. The Hall–Kier alpha value is -1.02. The van der Waals surface area contributed by atoms with E-state index in [1.807, 2.05) is 0 Å². The number of hydrogen-bond donors (Lipinski definition) is 1. The highest BCUT2D eigenvalue weighted by Gasteiger charge is 2.22. The summed E-state index contributed by atoms with van der Waals surface area (Å²) in [5, 5.41) is 0. The zero-order chi connectivity index (χ0) is 8.55. The highest BCUT2D eigenvalue weighted by Crippen LogP contribution is 2.20. The molecular formula is C10H14N2. The minimum atomic E-state index is 0.380. The average molecular weight is 162 g/mol. The molecule has 1 aromatic carbocycles. The third-order valence-electron chi connectivity index (χ3n) is 2.28. The van der Waals surface area contributed by atoms with Crippen LogP contribution in [0.2, 0.25) is 0 Å². The van der Waals surface area contributed by atoms with Gasteiger partial charge in [-0.15, -0.1) is 0 Å². The van der Waals surface area contributed by atoms with Gasteiger partial charge in [-0.2, -0.15) is 0 Å². The van der Waals surface area contributed by atoms with Crippen LogP contribution in [0.5, 0.6) is 0 Å². The smallest absolute Gasteiger partial charge is 0.0395 e. The monoisotopic (exact) mass is 162 g/mol. The van der Waals surface area contributed by atoms with Crippen molar-refractivity contribution in [3.63, 3.8) is 0 Å². The van der Waals surface area contributed by atoms with Gasteiger partial charge in [-0.05, 0) is 24.6 Å². The van der Waals surface area contributed by atoms with Gasteiger partial charge in [0.2, 0.25) is 0 Å². The molecule has 2 rings (SSSR count). The minimum Gasteiger partial charge on any atom is -0.368 e. The normalized spacial score (nSPS) is 17.7.